The van der Waals surface area contributed by atoms with Crippen molar-refractivity contribution in [2.24, 2.45) is 23.5 Å². The molecular weight excluding hydrogens is 1010 g/mol. The Balaban J connectivity index is 1.52. The number of aliphatic hydroxyl groups is 10. The molecule has 0 aliphatic carbocycles. The number of carbonyl (C=O) groups excluding carboxylic acids is 2. The second-order valence-electron chi connectivity index (χ2n) is 21.3. The fourth-order valence-corrected chi connectivity index (χ4v) is 10.1. The van der Waals surface area contributed by atoms with E-state index in [2.05, 4.69) is 0 Å². The number of carboxylic acid groups (broad SMARTS) is 1. The summed E-state index contributed by atoms with van der Waals surface area (Å²) in [5.74, 6) is -6.86. The molecule has 2 saturated heterocycles. The maximum absolute atomic E-state index is 13.3. The highest BCUT2D eigenvalue weighted by molar-refractivity contribution is 5.96. The predicted molar refractivity (Wildman–Crippen MR) is 290 cm³/mol. The largest absolute Gasteiger partial charge is 0.481 e. The van der Waals surface area contributed by atoms with Gasteiger partial charge in [-0.05, 0) is 82.1 Å². The number of esters is 1. The first-order valence-electron chi connectivity index (χ1n) is 27.0. The number of hydrogen-bond donors (Lipinski definition) is 13. The van der Waals surface area contributed by atoms with E-state index in [0.29, 0.717) is 17.7 Å². The summed E-state index contributed by atoms with van der Waals surface area (Å²) in [5.41, 5.74) is 12.8. The Morgan fingerprint density at radius 2 is 1.22 bits per heavy atom. The third-order valence-corrected chi connectivity index (χ3v) is 14.1. The lowest BCUT2D eigenvalue weighted by atomic mass is 9.82. The van der Waals surface area contributed by atoms with Gasteiger partial charge in [0.25, 0.3) is 0 Å². The summed E-state index contributed by atoms with van der Waals surface area (Å²) in [4.78, 5) is 38.7. The van der Waals surface area contributed by atoms with E-state index in [1.54, 1.807) is 110 Å². The molecule has 2 bridgehead atoms. The van der Waals surface area contributed by atoms with Crippen LogP contribution in [0.5, 0.6) is 0 Å². The van der Waals surface area contributed by atoms with Gasteiger partial charge in [-0.1, -0.05) is 98.9 Å². The lowest BCUT2D eigenvalue weighted by molar-refractivity contribution is -0.304. The first-order valence-corrected chi connectivity index (χ1v) is 27.0. The van der Waals surface area contributed by atoms with Crippen molar-refractivity contribution < 1.29 is 89.5 Å². The second-order valence-corrected chi connectivity index (χ2v) is 21.3. The lowest BCUT2D eigenvalue weighted by Crippen LogP contribution is -2.56. The number of allylic oxidation sites excluding steroid dienone is 12. The summed E-state index contributed by atoms with van der Waals surface area (Å²) >= 11 is 0. The fraction of sp³-hybridized carbons (Fsp3) is 0.603. The number of carboxylic acids is 1. The average Bonchev–Trinajstić information content (AvgIpc) is 3.40. The van der Waals surface area contributed by atoms with Crippen LogP contribution in [0.3, 0.4) is 0 Å². The van der Waals surface area contributed by atoms with E-state index in [9.17, 15) is 70.6 Å². The number of ketones is 1. The molecule has 0 amide bonds. The van der Waals surface area contributed by atoms with Crippen molar-refractivity contribution in [1.29, 1.82) is 0 Å². The zero-order valence-corrected chi connectivity index (χ0v) is 44.9. The second kappa shape index (κ2) is 33.1. The summed E-state index contributed by atoms with van der Waals surface area (Å²) in [6.45, 7) is 5.35. The average molecular weight is 1100 g/mol. The van der Waals surface area contributed by atoms with Crippen molar-refractivity contribution in [3.05, 3.63) is 115 Å². The maximum atomic E-state index is 13.3. The van der Waals surface area contributed by atoms with Crippen molar-refractivity contribution in [3.63, 3.8) is 0 Å². The summed E-state index contributed by atoms with van der Waals surface area (Å²) < 4.78 is 24.0. The molecule has 78 heavy (non-hydrogen) atoms. The molecule has 15 N–H and O–H groups in total. The summed E-state index contributed by atoms with van der Waals surface area (Å²) in [5, 5.41) is 119. The number of fused-ring (bicyclic) bond motifs is 2. The normalized spacial score (nSPS) is 38.7. The number of rotatable bonds is 10. The lowest BCUT2D eigenvalue weighted by Gasteiger charge is -2.45. The molecule has 0 saturated carbocycles. The number of Topliss-reactive ketones (excluding diaryl/α,β-unsaturated/α-hetero) is 1. The predicted octanol–water partition coefficient (Wildman–Crippen LogP) is 3.11. The number of carbonyl (C=O) groups is 3. The van der Waals surface area contributed by atoms with Crippen LogP contribution in [-0.4, -0.2) is 171 Å². The molecule has 19 atom stereocenters. The third-order valence-electron chi connectivity index (χ3n) is 14.1. The van der Waals surface area contributed by atoms with Gasteiger partial charge in [0.05, 0.1) is 79.7 Å². The summed E-state index contributed by atoms with van der Waals surface area (Å²) in [7, 11) is 0. The van der Waals surface area contributed by atoms with Crippen molar-refractivity contribution in [2.75, 3.05) is 5.73 Å². The number of hydrogen-bond acceptors (Lipinski definition) is 19. The molecule has 1 aromatic rings. The van der Waals surface area contributed by atoms with Crippen LogP contribution < -0.4 is 11.5 Å². The van der Waals surface area contributed by atoms with Gasteiger partial charge in [-0.25, -0.2) is 0 Å². The van der Waals surface area contributed by atoms with Gasteiger partial charge in [0.1, 0.15) is 12.0 Å². The number of ether oxygens (including phenoxy) is 4. The van der Waals surface area contributed by atoms with Crippen LogP contribution in [0.4, 0.5) is 5.69 Å². The molecule has 0 aromatic heterocycles. The zero-order chi connectivity index (χ0) is 57.5. The van der Waals surface area contributed by atoms with E-state index in [4.69, 9.17) is 30.4 Å². The standard InChI is InChI=1S/C58H86N2O18/c1-35-16-14-12-10-8-6-4-5-7-9-11-13-15-17-47(76-53-32-48(60)55(71)37(3)75-53)31-51-54(57(72)73)50(69)34-58(74,78-51)33-46(67)28-44(65)26-42(63)24-41(62)25-43(64)27-45(66)30-52(70)77-56(35)36(2)18-23-40(61)29-49(68)38-19-21-39(59)22-20-38/h4-17,19-22,35-37,40-48,50-51,53-56,61-67,69,71,74H,18,23-34,59-60H2,1-3H3,(H,72,73)/b5-4+,8-6+,9-7+,12-10+,13-11+,16-14+,17-15+/t35?,36?,37-,40?,41?,42?,43?,44?,45?,46?,47?,48-,50?,51?,53+,54?,55-,56?,58?/m1/s1. The number of anilines is 1. The summed E-state index contributed by atoms with van der Waals surface area (Å²) in [6.07, 6.45) is 5.24. The minimum atomic E-state index is -2.28. The van der Waals surface area contributed by atoms with Crippen molar-refractivity contribution in [1.82, 2.24) is 0 Å². The fourth-order valence-electron chi connectivity index (χ4n) is 10.1. The highest BCUT2D eigenvalue weighted by Gasteiger charge is 2.50. The van der Waals surface area contributed by atoms with Crippen molar-refractivity contribution >= 4 is 23.4 Å². The van der Waals surface area contributed by atoms with E-state index in [1.807, 2.05) is 19.9 Å². The molecule has 0 radical (unpaired) electrons. The Bertz CT molecular complexity index is 2190. The number of aliphatic hydroxyl groups excluding tert-OH is 9. The van der Waals surface area contributed by atoms with Crippen LogP contribution >= 0.6 is 0 Å². The summed E-state index contributed by atoms with van der Waals surface area (Å²) in [6, 6.07) is 5.73. The van der Waals surface area contributed by atoms with Gasteiger partial charge >= 0.3 is 11.9 Å². The van der Waals surface area contributed by atoms with Gasteiger partial charge in [-0.3, -0.25) is 14.4 Å². The Kier molecular flexibility index (Phi) is 27.9. The van der Waals surface area contributed by atoms with E-state index >= 15 is 0 Å². The highest BCUT2D eigenvalue weighted by Crippen LogP contribution is 2.38. The molecular formula is C58H86N2O18. The van der Waals surface area contributed by atoms with Gasteiger partial charge in [-0.2, -0.15) is 0 Å². The van der Waals surface area contributed by atoms with Crippen LogP contribution in [0.15, 0.2) is 109 Å². The molecule has 20 heteroatoms. The van der Waals surface area contributed by atoms with E-state index < -0.39 is 141 Å². The van der Waals surface area contributed by atoms with Crippen LogP contribution in [0, 0.1) is 17.8 Å². The third kappa shape index (κ3) is 23.5. The van der Waals surface area contributed by atoms with Gasteiger partial charge in [0.15, 0.2) is 17.9 Å². The molecule has 0 spiro atoms. The van der Waals surface area contributed by atoms with Crippen molar-refractivity contribution in [3.8, 4) is 0 Å². The van der Waals surface area contributed by atoms with Gasteiger partial charge in [0.2, 0.25) is 0 Å². The Labute approximate surface area is 457 Å². The van der Waals surface area contributed by atoms with Crippen LogP contribution in [-0.2, 0) is 28.5 Å². The number of aliphatic carboxylic acids is 1. The van der Waals surface area contributed by atoms with Crippen LogP contribution in [0.25, 0.3) is 0 Å². The molecule has 2 fully saturated rings. The first kappa shape index (κ1) is 65.8. The Morgan fingerprint density at radius 3 is 1.76 bits per heavy atom. The Hall–Kier alpha value is -4.75. The maximum Gasteiger partial charge on any atom is 0.311 e. The molecule has 3 aliphatic rings. The molecule has 436 valence electrons. The Morgan fingerprint density at radius 1 is 0.705 bits per heavy atom. The SMILES string of the molecule is CC1/C=C/C=C/C=C/C=C/C=C/C=C/C=C/C(O[C@H]2C[C@@H](N)[C@H](O)[C@@H](C)O2)CC2OC(O)(CC(O)CC(O)CC(O)CC(O)CC(O)CC(O)CC(=O)OC1C(C)CCC(O)CC(=O)c1ccc(N)cc1)CC(O)C2C(=O)O. The quantitative estimate of drug-likeness (QED) is 0.0909. The molecule has 3 aliphatic heterocycles. The van der Waals surface area contributed by atoms with Gasteiger partial charge < -0.3 is 86.6 Å². The van der Waals surface area contributed by atoms with E-state index in [0.717, 1.165) is 0 Å². The van der Waals surface area contributed by atoms with Crippen LogP contribution in [0.2, 0.25) is 0 Å². The van der Waals surface area contributed by atoms with Gasteiger partial charge in [-0.15, -0.1) is 0 Å². The van der Waals surface area contributed by atoms with E-state index in [-0.39, 0.29) is 69.0 Å². The number of benzene rings is 1. The monoisotopic (exact) mass is 1100 g/mol. The molecule has 15 unspecified atom stereocenters. The van der Waals surface area contributed by atoms with Crippen LogP contribution in [0.1, 0.15) is 115 Å². The first-order chi connectivity index (χ1) is 36.9. The number of cyclic esters (lactones) is 1. The molecule has 3 heterocycles. The van der Waals surface area contributed by atoms with Crippen molar-refractivity contribution in [2.45, 2.75) is 202 Å². The van der Waals surface area contributed by atoms with Gasteiger partial charge in [0, 0.05) is 55.3 Å². The number of nitrogens with two attached hydrogens (primary N) is 2. The molecule has 20 nitrogen and oxygen atoms in total. The molecule has 4 rings (SSSR count). The highest BCUT2D eigenvalue weighted by atomic mass is 16.7. The number of nitrogen functional groups attached to an aromatic ring is 1. The van der Waals surface area contributed by atoms with E-state index in [1.165, 1.54) is 0 Å². The smallest absolute Gasteiger partial charge is 0.311 e. The molecule has 1 aromatic carbocycles. The minimum Gasteiger partial charge on any atom is -0.481 e. The minimum absolute atomic E-state index is 0.0988. The topological polar surface area (TPSA) is 363 Å². The zero-order valence-electron chi connectivity index (χ0n) is 44.9.